The average Bonchev–Trinajstić information content (AvgIpc) is 2.80. The van der Waals surface area contributed by atoms with Crippen molar-refractivity contribution in [2.75, 3.05) is 0 Å². The van der Waals surface area contributed by atoms with Gasteiger partial charge in [-0.2, -0.15) is 0 Å². The Kier molecular flexibility index (Phi) is 16.5. The normalized spacial score (nSPS) is 11.9. The van der Waals surface area contributed by atoms with Crippen LogP contribution in [0.25, 0.3) is 0 Å². The Morgan fingerprint density at radius 2 is 1.16 bits per heavy atom. The van der Waals surface area contributed by atoms with Crippen molar-refractivity contribution in [2.24, 2.45) is 0 Å². The summed E-state index contributed by atoms with van der Waals surface area (Å²) in [5.74, 6) is -1.64. The number of rotatable bonds is 20. The van der Waals surface area contributed by atoms with E-state index in [1.54, 1.807) is 12.1 Å². The Bertz CT molecular complexity index is 626. The fourth-order valence-electron chi connectivity index (χ4n) is 4.15. The molecule has 1 atom stereocenters. The van der Waals surface area contributed by atoms with Crippen LogP contribution < -0.4 is 0 Å². The average molecular weight is 447 g/mol. The van der Waals surface area contributed by atoms with Crippen molar-refractivity contribution >= 4 is 11.9 Å². The number of unbranched alkanes of at least 4 members (excludes halogenated alkanes) is 14. The molecule has 0 aliphatic carbocycles. The van der Waals surface area contributed by atoms with Gasteiger partial charge in [0.05, 0.1) is 11.1 Å². The van der Waals surface area contributed by atoms with E-state index in [0.717, 1.165) is 25.7 Å². The zero-order valence-corrected chi connectivity index (χ0v) is 20.6. The van der Waals surface area contributed by atoms with E-state index in [0.29, 0.717) is 0 Å². The molecule has 0 saturated heterocycles. The number of carboxylic acid groups (broad SMARTS) is 1. The van der Waals surface area contributed by atoms with Gasteiger partial charge in [-0.05, 0) is 31.4 Å². The molecule has 0 aliphatic heterocycles. The number of benzene rings is 1. The van der Waals surface area contributed by atoms with Gasteiger partial charge in [0.25, 0.3) is 0 Å². The molecule has 0 fully saturated rings. The molecule has 4 heteroatoms. The first-order valence-corrected chi connectivity index (χ1v) is 13.1. The van der Waals surface area contributed by atoms with E-state index < -0.39 is 11.9 Å². The highest BCUT2D eigenvalue weighted by molar-refractivity contribution is 6.02. The monoisotopic (exact) mass is 446 g/mol. The maximum Gasteiger partial charge on any atom is 0.339 e. The molecule has 0 aromatic heterocycles. The van der Waals surface area contributed by atoms with Gasteiger partial charge in [0.2, 0.25) is 0 Å². The van der Waals surface area contributed by atoms with Crippen molar-refractivity contribution in [3.8, 4) is 0 Å². The van der Waals surface area contributed by atoms with Crippen LogP contribution in [0.5, 0.6) is 0 Å². The highest BCUT2D eigenvalue weighted by Crippen LogP contribution is 2.17. The smallest absolute Gasteiger partial charge is 0.339 e. The molecule has 182 valence electrons. The van der Waals surface area contributed by atoms with Gasteiger partial charge in [0, 0.05) is 0 Å². The van der Waals surface area contributed by atoms with Crippen molar-refractivity contribution < 1.29 is 19.4 Å². The van der Waals surface area contributed by atoms with E-state index in [-0.39, 0.29) is 17.2 Å². The van der Waals surface area contributed by atoms with E-state index in [1.165, 1.54) is 95.6 Å². The Balaban J connectivity index is 2.05. The van der Waals surface area contributed by atoms with Crippen molar-refractivity contribution in [1.82, 2.24) is 0 Å². The zero-order chi connectivity index (χ0) is 23.4. The van der Waals surface area contributed by atoms with Crippen LogP contribution in [0, 0.1) is 0 Å². The van der Waals surface area contributed by atoms with Crippen molar-refractivity contribution in [3.63, 3.8) is 0 Å². The van der Waals surface area contributed by atoms with E-state index in [4.69, 9.17) is 4.74 Å². The molecule has 0 aliphatic rings. The minimum absolute atomic E-state index is 0.000623. The van der Waals surface area contributed by atoms with E-state index in [1.807, 2.05) is 6.92 Å². The number of carboxylic acids is 1. The molecule has 0 saturated carbocycles. The number of hydrogen-bond donors (Lipinski definition) is 1. The summed E-state index contributed by atoms with van der Waals surface area (Å²) in [6.45, 7) is 4.28. The minimum atomic E-state index is -1.10. The second-order valence-corrected chi connectivity index (χ2v) is 9.02. The Labute approximate surface area is 196 Å². The van der Waals surface area contributed by atoms with Gasteiger partial charge in [-0.25, -0.2) is 9.59 Å². The molecule has 0 radical (unpaired) electrons. The van der Waals surface area contributed by atoms with Crippen molar-refractivity contribution in [1.29, 1.82) is 0 Å². The third-order valence-electron chi connectivity index (χ3n) is 6.24. The molecule has 1 unspecified atom stereocenters. The van der Waals surface area contributed by atoms with Crippen LogP contribution in [0.2, 0.25) is 0 Å². The second-order valence-electron chi connectivity index (χ2n) is 9.02. The number of hydrogen-bond acceptors (Lipinski definition) is 3. The van der Waals surface area contributed by atoms with Crippen LogP contribution in [0.3, 0.4) is 0 Å². The molecule has 0 amide bonds. The molecule has 1 rings (SSSR count). The number of carbonyl (C=O) groups is 2. The standard InChI is InChI=1S/C28H46O4/c1-3-5-6-7-8-9-10-11-12-13-14-15-16-17-18-21-24(4-2)32-28(31)26-23-20-19-22-25(26)27(29)30/h19-20,22-24H,3-18,21H2,1-2H3,(H,29,30). The van der Waals surface area contributed by atoms with Gasteiger partial charge in [0.15, 0.2) is 0 Å². The molecule has 0 heterocycles. The topological polar surface area (TPSA) is 63.6 Å². The summed E-state index contributed by atoms with van der Waals surface area (Å²) in [7, 11) is 0. The SMILES string of the molecule is CCCCCCCCCCCCCCCCCC(CC)OC(=O)c1ccccc1C(=O)O. The Morgan fingerprint density at radius 1 is 0.719 bits per heavy atom. The minimum Gasteiger partial charge on any atom is -0.478 e. The maximum atomic E-state index is 12.4. The highest BCUT2D eigenvalue weighted by atomic mass is 16.5. The summed E-state index contributed by atoms with van der Waals surface area (Å²) in [4.78, 5) is 23.7. The van der Waals surface area contributed by atoms with Crippen LogP contribution in [0.15, 0.2) is 24.3 Å². The first-order chi connectivity index (χ1) is 15.6. The summed E-state index contributed by atoms with van der Waals surface area (Å²) < 4.78 is 5.59. The fourth-order valence-corrected chi connectivity index (χ4v) is 4.15. The predicted molar refractivity (Wildman–Crippen MR) is 132 cm³/mol. The third kappa shape index (κ3) is 12.9. The van der Waals surface area contributed by atoms with Crippen LogP contribution in [-0.2, 0) is 4.74 Å². The summed E-state index contributed by atoms with van der Waals surface area (Å²) >= 11 is 0. The Hall–Kier alpha value is -1.84. The molecule has 0 spiro atoms. The lowest BCUT2D eigenvalue weighted by molar-refractivity contribution is 0.0262. The third-order valence-corrected chi connectivity index (χ3v) is 6.24. The first-order valence-electron chi connectivity index (χ1n) is 13.1. The fraction of sp³-hybridized carbons (Fsp3) is 0.714. The second kappa shape index (κ2) is 18.7. The summed E-state index contributed by atoms with van der Waals surface area (Å²) in [6, 6.07) is 6.24. The molecule has 1 aromatic rings. The highest BCUT2D eigenvalue weighted by Gasteiger charge is 2.20. The predicted octanol–water partition coefficient (Wildman–Crippen LogP) is 8.58. The van der Waals surface area contributed by atoms with Crippen LogP contribution >= 0.6 is 0 Å². The lowest BCUT2D eigenvalue weighted by Gasteiger charge is -2.17. The maximum absolute atomic E-state index is 12.4. The molecular formula is C28H46O4. The van der Waals surface area contributed by atoms with E-state index >= 15 is 0 Å². The van der Waals surface area contributed by atoms with Crippen LogP contribution in [0.1, 0.15) is 144 Å². The van der Waals surface area contributed by atoms with Crippen LogP contribution in [0.4, 0.5) is 0 Å². The van der Waals surface area contributed by atoms with Gasteiger partial charge >= 0.3 is 11.9 Å². The zero-order valence-electron chi connectivity index (χ0n) is 20.6. The van der Waals surface area contributed by atoms with Gasteiger partial charge in [0.1, 0.15) is 6.10 Å². The Morgan fingerprint density at radius 3 is 1.59 bits per heavy atom. The lowest BCUT2D eigenvalue weighted by atomic mass is 10.0. The van der Waals surface area contributed by atoms with Gasteiger partial charge < -0.3 is 9.84 Å². The first kappa shape index (κ1) is 28.2. The van der Waals surface area contributed by atoms with Gasteiger partial charge in [-0.3, -0.25) is 0 Å². The van der Waals surface area contributed by atoms with Crippen molar-refractivity contribution in [3.05, 3.63) is 35.4 Å². The summed E-state index contributed by atoms with van der Waals surface area (Å²) in [5.41, 5.74) is 0.134. The number of esters is 1. The molecule has 4 nitrogen and oxygen atoms in total. The van der Waals surface area contributed by atoms with E-state index in [2.05, 4.69) is 6.92 Å². The molecular weight excluding hydrogens is 400 g/mol. The molecule has 32 heavy (non-hydrogen) atoms. The molecule has 1 N–H and O–H groups in total. The lowest BCUT2D eigenvalue weighted by Crippen LogP contribution is -2.19. The van der Waals surface area contributed by atoms with Gasteiger partial charge in [-0.1, -0.05) is 116 Å². The largest absolute Gasteiger partial charge is 0.478 e. The summed E-state index contributed by atoms with van der Waals surface area (Å²) in [6.07, 6.45) is 21.4. The molecule has 1 aromatic carbocycles. The van der Waals surface area contributed by atoms with Gasteiger partial charge in [-0.15, -0.1) is 0 Å². The van der Waals surface area contributed by atoms with Crippen LogP contribution in [-0.4, -0.2) is 23.1 Å². The summed E-state index contributed by atoms with van der Waals surface area (Å²) in [5, 5.41) is 9.25. The van der Waals surface area contributed by atoms with Crippen molar-refractivity contribution in [2.45, 2.75) is 129 Å². The quantitative estimate of drug-likeness (QED) is 0.161. The number of ether oxygens (including phenoxy) is 1. The number of aromatic carboxylic acids is 1. The van der Waals surface area contributed by atoms with E-state index in [9.17, 15) is 14.7 Å². The molecule has 0 bridgehead atoms. The number of carbonyl (C=O) groups excluding carboxylic acids is 1.